The fourth-order valence-electron chi connectivity index (χ4n) is 1.87. The first-order chi connectivity index (χ1) is 8.54. The van der Waals surface area contributed by atoms with Gasteiger partial charge in [0.15, 0.2) is 0 Å². The maximum Gasteiger partial charge on any atom is 0.547 e. The molecular formula is C10H9BFNO5. The van der Waals surface area contributed by atoms with E-state index in [9.17, 15) is 19.0 Å². The highest BCUT2D eigenvalue weighted by molar-refractivity contribution is 6.46. The number of amides is 1. The Kier molecular flexibility index (Phi) is 3.20. The number of rotatable bonds is 3. The van der Waals surface area contributed by atoms with E-state index in [1.165, 1.54) is 6.07 Å². The van der Waals surface area contributed by atoms with Gasteiger partial charge >= 0.3 is 13.1 Å². The molecule has 18 heavy (non-hydrogen) atoms. The van der Waals surface area contributed by atoms with Crippen molar-refractivity contribution in [2.24, 2.45) is 0 Å². The summed E-state index contributed by atoms with van der Waals surface area (Å²) in [6.07, 6.45) is 0.569. The highest BCUT2D eigenvalue weighted by atomic mass is 19.1. The maximum atomic E-state index is 13.4. The van der Waals surface area contributed by atoms with Crippen molar-refractivity contribution in [1.82, 2.24) is 5.32 Å². The molecule has 0 saturated carbocycles. The monoisotopic (exact) mass is 253 g/mol. The first-order valence-corrected chi connectivity index (χ1v) is 5.13. The van der Waals surface area contributed by atoms with Gasteiger partial charge in [-0.25, -0.2) is 9.18 Å². The summed E-state index contributed by atoms with van der Waals surface area (Å²) < 4.78 is 18.4. The zero-order valence-corrected chi connectivity index (χ0v) is 9.09. The van der Waals surface area contributed by atoms with E-state index >= 15 is 0 Å². The molecule has 2 rings (SSSR count). The summed E-state index contributed by atoms with van der Waals surface area (Å²) in [4.78, 5) is 21.3. The van der Waals surface area contributed by atoms with Gasteiger partial charge in [-0.15, -0.1) is 0 Å². The van der Waals surface area contributed by atoms with Crippen molar-refractivity contribution >= 4 is 19.5 Å². The van der Waals surface area contributed by atoms with Crippen molar-refractivity contribution in [2.75, 3.05) is 0 Å². The first kappa shape index (κ1) is 12.4. The molecule has 1 aromatic carbocycles. The number of benzene rings is 1. The minimum atomic E-state index is -1.47. The number of carboxylic acids is 1. The van der Waals surface area contributed by atoms with E-state index in [-0.39, 0.29) is 12.2 Å². The molecule has 1 amide bonds. The lowest BCUT2D eigenvalue weighted by atomic mass is 9.72. The van der Waals surface area contributed by atoms with Crippen LogP contribution in [0.15, 0.2) is 12.1 Å². The molecular weight excluding hydrogens is 244 g/mol. The summed E-state index contributed by atoms with van der Waals surface area (Å²) in [5, 5.41) is 20.8. The Hall–Kier alpha value is -2.09. The number of nitrogens with one attached hydrogen (secondary N) is 1. The highest BCUT2D eigenvalue weighted by Gasteiger charge is 2.37. The lowest BCUT2D eigenvalue weighted by Crippen LogP contribution is -2.51. The van der Waals surface area contributed by atoms with Crippen molar-refractivity contribution in [3.63, 3.8) is 0 Å². The zero-order chi connectivity index (χ0) is 13.3. The van der Waals surface area contributed by atoms with E-state index in [4.69, 9.17) is 9.76 Å². The minimum absolute atomic E-state index is 0.163. The maximum absolute atomic E-state index is 13.4. The van der Waals surface area contributed by atoms with Crippen LogP contribution in [0.25, 0.3) is 0 Å². The van der Waals surface area contributed by atoms with Gasteiger partial charge < -0.3 is 20.1 Å². The molecule has 0 radical (unpaired) electrons. The second-order valence-corrected chi connectivity index (χ2v) is 3.82. The number of carboxylic acid groups (broad SMARTS) is 1. The largest absolute Gasteiger partial charge is 0.547 e. The predicted molar refractivity (Wildman–Crippen MR) is 58.7 cm³/mol. The molecule has 1 atom stereocenters. The summed E-state index contributed by atoms with van der Waals surface area (Å²) in [6, 6.07) is 2.38. The lowest BCUT2D eigenvalue weighted by Gasteiger charge is -2.27. The van der Waals surface area contributed by atoms with E-state index in [0.29, 0.717) is 12.0 Å². The average molecular weight is 253 g/mol. The van der Waals surface area contributed by atoms with Crippen LogP contribution in [-0.2, 0) is 11.2 Å². The van der Waals surface area contributed by atoms with Crippen LogP contribution in [0.4, 0.5) is 4.39 Å². The van der Waals surface area contributed by atoms with Crippen molar-refractivity contribution in [2.45, 2.75) is 12.4 Å². The normalized spacial score (nSPS) is 17.7. The molecule has 1 aromatic rings. The number of carbonyl (C=O) groups excluding carboxylic acids is 1. The van der Waals surface area contributed by atoms with Gasteiger partial charge in [-0.3, -0.25) is 4.79 Å². The average Bonchev–Trinajstić information content (AvgIpc) is 2.30. The first-order valence-electron chi connectivity index (χ1n) is 5.13. The Morgan fingerprint density at radius 2 is 2.33 bits per heavy atom. The van der Waals surface area contributed by atoms with Crippen LogP contribution in [-0.4, -0.2) is 35.6 Å². The van der Waals surface area contributed by atoms with Gasteiger partial charge in [-0.1, -0.05) is 6.07 Å². The fourth-order valence-corrected chi connectivity index (χ4v) is 1.87. The van der Waals surface area contributed by atoms with Crippen LogP contribution >= 0.6 is 0 Å². The molecule has 0 bridgehead atoms. The van der Waals surface area contributed by atoms with E-state index in [1.54, 1.807) is 0 Å². The Bertz CT molecular complexity index is 509. The van der Waals surface area contributed by atoms with Crippen molar-refractivity contribution in [3.05, 3.63) is 29.1 Å². The third kappa shape index (κ3) is 2.02. The van der Waals surface area contributed by atoms with Gasteiger partial charge in [0.1, 0.15) is 17.1 Å². The van der Waals surface area contributed by atoms with Crippen LogP contribution in [0, 0.1) is 5.82 Å². The molecule has 8 heteroatoms. The van der Waals surface area contributed by atoms with Gasteiger partial charge in [-0.05, 0) is 18.1 Å². The van der Waals surface area contributed by atoms with Gasteiger partial charge in [-0.2, -0.15) is 0 Å². The van der Waals surface area contributed by atoms with Crippen molar-refractivity contribution in [1.29, 1.82) is 0 Å². The molecule has 1 unspecified atom stereocenters. The number of fused-ring (bicyclic) bond motifs is 1. The van der Waals surface area contributed by atoms with Crippen LogP contribution in [0.5, 0.6) is 5.75 Å². The standard InChI is InChI=1S/C10H9BFNO5/c12-6-2-1-5-3-7(13-4-14)11(17)18-9(5)8(6)10(15)16/h1-2,4,7,17H,3H2,(H,13,14)(H,15,16). The smallest absolute Gasteiger partial charge is 0.534 e. The molecule has 1 aliphatic heterocycles. The number of halogens is 1. The third-order valence-electron chi connectivity index (χ3n) is 2.71. The molecule has 6 nitrogen and oxygen atoms in total. The molecule has 0 aromatic heterocycles. The third-order valence-corrected chi connectivity index (χ3v) is 2.71. The Labute approximate surface area is 102 Å². The van der Waals surface area contributed by atoms with Gasteiger partial charge in [0, 0.05) is 0 Å². The Balaban J connectivity index is 2.44. The van der Waals surface area contributed by atoms with Crippen LogP contribution in [0.2, 0.25) is 0 Å². The highest BCUT2D eigenvalue weighted by Crippen LogP contribution is 2.31. The number of aromatic carboxylic acids is 1. The number of hydrogen-bond acceptors (Lipinski definition) is 4. The second kappa shape index (κ2) is 4.65. The number of hydrogen-bond donors (Lipinski definition) is 3. The summed E-state index contributed by atoms with van der Waals surface area (Å²) in [7, 11) is -1.41. The molecule has 0 saturated heterocycles. The van der Waals surface area contributed by atoms with Crippen LogP contribution in [0.1, 0.15) is 15.9 Å². The molecule has 1 aliphatic rings. The topological polar surface area (TPSA) is 95.9 Å². The van der Waals surface area contributed by atoms with E-state index < -0.39 is 30.4 Å². The van der Waals surface area contributed by atoms with Crippen molar-refractivity contribution < 1.29 is 28.8 Å². The SMILES string of the molecule is O=CNC1Cc2ccc(F)c(C(=O)O)c2OB1O. The predicted octanol–water partition coefficient (Wildman–Crippen LogP) is -0.407. The Morgan fingerprint density at radius 3 is 2.94 bits per heavy atom. The van der Waals surface area contributed by atoms with Gasteiger partial charge in [0.05, 0.1) is 5.94 Å². The quantitative estimate of drug-likeness (QED) is 0.502. The Morgan fingerprint density at radius 1 is 1.61 bits per heavy atom. The molecule has 94 valence electrons. The minimum Gasteiger partial charge on any atom is -0.534 e. The summed E-state index contributed by atoms with van der Waals surface area (Å²) in [6.45, 7) is 0. The van der Waals surface area contributed by atoms with Gasteiger partial charge in [0.2, 0.25) is 6.41 Å². The van der Waals surface area contributed by atoms with E-state index in [1.807, 2.05) is 0 Å². The van der Waals surface area contributed by atoms with Crippen LogP contribution in [0.3, 0.4) is 0 Å². The number of carbonyl (C=O) groups is 2. The molecule has 0 aliphatic carbocycles. The van der Waals surface area contributed by atoms with E-state index in [0.717, 1.165) is 6.07 Å². The molecule has 0 fully saturated rings. The summed E-state index contributed by atoms with van der Waals surface area (Å²) >= 11 is 0. The molecule has 0 spiro atoms. The molecule has 1 heterocycles. The van der Waals surface area contributed by atoms with Gasteiger partial charge in [0.25, 0.3) is 0 Å². The van der Waals surface area contributed by atoms with Crippen LogP contribution < -0.4 is 9.97 Å². The fraction of sp³-hybridized carbons (Fsp3) is 0.200. The molecule has 3 N–H and O–H groups in total. The second-order valence-electron chi connectivity index (χ2n) is 3.82. The van der Waals surface area contributed by atoms with E-state index in [2.05, 4.69) is 5.32 Å². The zero-order valence-electron chi connectivity index (χ0n) is 9.09. The van der Waals surface area contributed by atoms with Crippen molar-refractivity contribution in [3.8, 4) is 5.75 Å². The summed E-state index contributed by atoms with van der Waals surface area (Å²) in [5.74, 6) is -3.30. The summed E-state index contributed by atoms with van der Waals surface area (Å²) in [5.41, 5.74) is -0.199. The lowest BCUT2D eigenvalue weighted by molar-refractivity contribution is -0.109.